The second-order valence-corrected chi connectivity index (χ2v) is 4.41. The van der Waals surface area contributed by atoms with Crippen molar-refractivity contribution in [3.63, 3.8) is 0 Å². The van der Waals surface area contributed by atoms with Crippen molar-refractivity contribution in [2.24, 2.45) is 0 Å². The Morgan fingerprint density at radius 2 is 2.32 bits per heavy atom. The molecular formula is C15H16ClNO2. The van der Waals surface area contributed by atoms with E-state index in [0.29, 0.717) is 17.1 Å². The predicted octanol–water partition coefficient (Wildman–Crippen LogP) is 3.29. The molecule has 1 rings (SSSR count). The Hall–Kier alpha value is -1.92. The van der Waals surface area contributed by atoms with Gasteiger partial charge in [-0.15, -0.1) is 6.42 Å². The molecule has 1 aromatic carbocycles. The van der Waals surface area contributed by atoms with E-state index in [9.17, 15) is 4.79 Å². The number of carboxylic acids is 1. The van der Waals surface area contributed by atoms with Crippen LogP contribution in [0.5, 0.6) is 0 Å². The number of anilines is 1. The molecule has 0 fully saturated rings. The molecule has 0 atom stereocenters. The molecule has 100 valence electrons. The Morgan fingerprint density at radius 3 is 2.84 bits per heavy atom. The highest BCUT2D eigenvalue weighted by molar-refractivity contribution is 6.32. The number of nitrogens with zero attached hydrogens (tertiary/aromatic N) is 1. The van der Waals surface area contributed by atoms with E-state index in [1.165, 1.54) is 6.08 Å². The van der Waals surface area contributed by atoms with Crippen molar-refractivity contribution < 1.29 is 9.90 Å². The first-order valence-corrected chi connectivity index (χ1v) is 6.35. The second kappa shape index (κ2) is 7.50. The summed E-state index contributed by atoms with van der Waals surface area (Å²) in [6, 6.07) is 5.48. The van der Waals surface area contributed by atoms with Crippen molar-refractivity contribution in [2.45, 2.75) is 13.3 Å². The van der Waals surface area contributed by atoms with Crippen molar-refractivity contribution in [1.82, 2.24) is 0 Å². The minimum atomic E-state index is -1.000. The summed E-state index contributed by atoms with van der Waals surface area (Å²) in [6.45, 7) is 3.45. The summed E-state index contributed by atoms with van der Waals surface area (Å²) in [4.78, 5) is 12.5. The summed E-state index contributed by atoms with van der Waals surface area (Å²) < 4.78 is 0. The minimum absolute atomic E-state index is 0.508. The highest BCUT2D eigenvalue weighted by Gasteiger charge is 2.06. The topological polar surface area (TPSA) is 40.5 Å². The highest BCUT2D eigenvalue weighted by Crippen LogP contribution is 2.24. The fraction of sp³-hybridized carbons (Fsp3) is 0.267. The van der Waals surface area contributed by atoms with Crippen molar-refractivity contribution >= 4 is 29.3 Å². The molecule has 0 heterocycles. The number of aliphatic carboxylic acids is 1. The van der Waals surface area contributed by atoms with Gasteiger partial charge in [0, 0.05) is 23.3 Å². The zero-order valence-electron chi connectivity index (χ0n) is 10.8. The van der Waals surface area contributed by atoms with Gasteiger partial charge in [-0.05, 0) is 30.2 Å². The monoisotopic (exact) mass is 277 g/mol. The van der Waals surface area contributed by atoms with Crippen LogP contribution in [0, 0.1) is 12.3 Å². The second-order valence-electron chi connectivity index (χ2n) is 4.00. The number of terminal acetylenes is 1. The van der Waals surface area contributed by atoms with Crippen molar-refractivity contribution in [1.29, 1.82) is 0 Å². The third-order valence-corrected chi connectivity index (χ3v) is 2.86. The summed E-state index contributed by atoms with van der Waals surface area (Å²) in [7, 11) is 0. The molecule has 19 heavy (non-hydrogen) atoms. The van der Waals surface area contributed by atoms with Crippen LogP contribution in [0.15, 0.2) is 24.3 Å². The molecule has 0 aromatic heterocycles. The van der Waals surface area contributed by atoms with E-state index in [-0.39, 0.29) is 0 Å². The van der Waals surface area contributed by atoms with Gasteiger partial charge in [0.15, 0.2) is 0 Å². The van der Waals surface area contributed by atoms with E-state index in [2.05, 4.69) is 17.7 Å². The number of hydrogen-bond acceptors (Lipinski definition) is 2. The first-order valence-electron chi connectivity index (χ1n) is 5.97. The molecule has 0 aliphatic rings. The van der Waals surface area contributed by atoms with Crippen molar-refractivity contribution in [2.75, 3.05) is 18.0 Å². The molecule has 1 aromatic rings. The number of benzene rings is 1. The number of carboxylic acid groups (broad SMARTS) is 1. The van der Waals surface area contributed by atoms with E-state index in [1.807, 2.05) is 6.07 Å². The van der Waals surface area contributed by atoms with Crippen LogP contribution in [0.4, 0.5) is 5.69 Å². The maximum atomic E-state index is 10.5. The van der Waals surface area contributed by atoms with Crippen LogP contribution in [0.1, 0.15) is 18.9 Å². The summed E-state index contributed by atoms with van der Waals surface area (Å²) >= 11 is 6.13. The summed E-state index contributed by atoms with van der Waals surface area (Å²) in [5, 5.41) is 9.10. The Labute approximate surface area is 118 Å². The summed E-state index contributed by atoms with van der Waals surface area (Å²) in [5.74, 6) is 1.62. The molecule has 0 spiro atoms. The maximum Gasteiger partial charge on any atom is 0.328 e. The van der Waals surface area contributed by atoms with E-state index in [0.717, 1.165) is 24.7 Å². The van der Waals surface area contributed by atoms with Crippen molar-refractivity contribution in [3.8, 4) is 12.3 Å². The van der Waals surface area contributed by atoms with Gasteiger partial charge in [-0.25, -0.2) is 4.79 Å². The first kappa shape index (κ1) is 15.1. The Balaban J connectivity index is 2.97. The van der Waals surface area contributed by atoms with Gasteiger partial charge in [0.2, 0.25) is 0 Å². The predicted molar refractivity (Wildman–Crippen MR) is 79.5 cm³/mol. The lowest BCUT2D eigenvalue weighted by Crippen LogP contribution is -2.24. The highest BCUT2D eigenvalue weighted by atomic mass is 35.5. The van der Waals surface area contributed by atoms with Crippen LogP contribution in [0.2, 0.25) is 5.02 Å². The average molecular weight is 278 g/mol. The molecule has 0 unspecified atom stereocenters. The normalized spacial score (nSPS) is 10.4. The average Bonchev–Trinajstić information content (AvgIpc) is 2.37. The lowest BCUT2D eigenvalue weighted by atomic mass is 10.1. The van der Waals surface area contributed by atoms with Gasteiger partial charge in [-0.1, -0.05) is 30.5 Å². The van der Waals surface area contributed by atoms with Crippen LogP contribution in [-0.4, -0.2) is 24.2 Å². The SMILES string of the molecule is C#CCN(CCC)c1ccc(/C=C/C(=O)O)c(Cl)c1. The zero-order valence-corrected chi connectivity index (χ0v) is 11.5. The summed E-state index contributed by atoms with van der Waals surface area (Å²) in [5.41, 5.74) is 1.61. The van der Waals surface area contributed by atoms with Gasteiger partial charge in [-0.2, -0.15) is 0 Å². The number of rotatable bonds is 6. The molecule has 3 nitrogen and oxygen atoms in total. The fourth-order valence-electron chi connectivity index (χ4n) is 1.69. The Bertz CT molecular complexity index is 517. The van der Waals surface area contributed by atoms with E-state index >= 15 is 0 Å². The quantitative estimate of drug-likeness (QED) is 0.641. The lowest BCUT2D eigenvalue weighted by Gasteiger charge is -2.22. The zero-order chi connectivity index (χ0) is 14.3. The summed E-state index contributed by atoms with van der Waals surface area (Å²) in [6.07, 6.45) is 8.86. The molecule has 1 N–H and O–H groups in total. The van der Waals surface area contributed by atoms with Crippen LogP contribution in [0.3, 0.4) is 0 Å². The fourth-order valence-corrected chi connectivity index (χ4v) is 1.93. The largest absolute Gasteiger partial charge is 0.478 e. The lowest BCUT2D eigenvalue weighted by molar-refractivity contribution is -0.131. The smallest absolute Gasteiger partial charge is 0.328 e. The molecule has 0 radical (unpaired) electrons. The van der Waals surface area contributed by atoms with Gasteiger partial charge in [-0.3, -0.25) is 0 Å². The number of halogens is 1. The molecule has 0 aliphatic carbocycles. The van der Waals surface area contributed by atoms with Gasteiger partial charge in [0.25, 0.3) is 0 Å². The van der Waals surface area contributed by atoms with Crippen LogP contribution in [-0.2, 0) is 4.79 Å². The molecule has 0 saturated carbocycles. The minimum Gasteiger partial charge on any atom is -0.478 e. The molecule has 0 bridgehead atoms. The van der Waals surface area contributed by atoms with E-state index in [4.69, 9.17) is 23.1 Å². The van der Waals surface area contributed by atoms with Gasteiger partial charge in [0.1, 0.15) is 0 Å². The van der Waals surface area contributed by atoms with Gasteiger partial charge < -0.3 is 10.0 Å². The van der Waals surface area contributed by atoms with Gasteiger partial charge in [0.05, 0.1) is 6.54 Å². The molecule has 0 amide bonds. The van der Waals surface area contributed by atoms with Crippen LogP contribution < -0.4 is 4.90 Å². The van der Waals surface area contributed by atoms with Crippen LogP contribution >= 0.6 is 11.6 Å². The first-order chi connectivity index (χ1) is 9.08. The standard InChI is InChI=1S/C15H16ClNO2/c1-3-9-17(10-4-2)13-7-5-12(14(16)11-13)6-8-15(18)19/h1,5-8,11H,4,9-10H2,2H3,(H,18,19)/b8-6+. The van der Waals surface area contributed by atoms with E-state index in [1.54, 1.807) is 12.1 Å². The Kier molecular flexibility index (Phi) is 5.98. The third-order valence-electron chi connectivity index (χ3n) is 2.53. The molecular weight excluding hydrogens is 262 g/mol. The Morgan fingerprint density at radius 1 is 1.58 bits per heavy atom. The maximum absolute atomic E-state index is 10.5. The number of carbonyl (C=O) groups is 1. The molecule has 0 aliphatic heterocycles. The van der Waals surface area contributed by atoms with Crippen LogP contribution in [0.25, 0.3) is 6.08 Å². The molecule has 4 heteroatoms. The van der Waals surface area contributed by atoms with E-state index < -0.39 is 5.97 Å². The molecule has 0 saturated heterocycles. The van der Waals surface area contributed by atoms with Gasteiger partial charge >= 0.3 is 5.97 Å². The third kappa shape index (κ3) is 4.69. The van der Waals surface area contributed by atoms with Crippen molar-refractivity contribution in [3.05, 3.63) is 34.9 Å². The number of hydrogen-bond donors (Lipinski definition) is 1.